The largest absolute Gasteiger partial charge is 0.419 e. The molecule has 0 saturated heterocycles. The molecule has 2 rings (SSSR count). The van der Waals surface area contributed by atoms with Crippen molar-refractivity contribution in [1.82, 2.24) is 0 Å². The number of aliphatic hydroxyl groups is 1. The van der Waals surface area contributed by atoms with Gasteiger partial charge >= 0.3 is 12.4 Å². The van der Waals surface area contributed by atoms with Crippen molar-refractivity contribution in [2.45, 2.75) is 47.2 Å². The number of hydrogen-bond acceptors (Lipinski definition) is 1. The first-order valence-corrected chi connectivity index (χ1v) is 7.22. The van der Waals surface area contributed by atoms with Crippen LogP contribution in [0.1, 0.15) is 44.0 Å². The van der Waals surface area contributed by atoms with Gasteiger partial charge in [0.1, 0.15) is 11.6 Å². The van der Waals surface area contributed by atoms with Crippen LogP contribution in [0.2, 0.25) is 0 Å². The minimum Gasteiger partial charge on any atom is -0.392 e. The molecule has 2 aromatic carbocycles. The Morgan fingerprint density at radius 3 is 1.39 bits per heavy atom. The second-order valence-electron chi connectivity index (χ2n) is 5.14. The van der Waals surface area contributed by atoms with Crippen LogP contribution in [0.4, 0.5) is 35.1 Å². The third kappa shape index (κ3) is 7.84. The molecule has 0 aliphatic heterocycles. The van der Waals surface area contributed by atoms with Crippen molar-refractivity contribution in [2.24, 2.45) is 0 Å². The van der Waals surface area contributed by atoms with Crippen molar-refractivity contribution in [3.05, 3.63) is 70.3 Å². The Morgan fingerprint density at radius 1 is 0.714 bits per heavy atom. The maximum atomic E-state index is 12.7. The third-order valence-electron chi connectivity index (χ3n) is 3.26. The fourth-order valence-electron chi connectivity index (χ4n) is 1.90. The molecule has 0 unspecified atom stereocenters. The molecule has 2 aromatic rings. The summed E-state index contributed by atoms with van der Waals surface area (Å²) in [5, 5.41) is 8.53. The summed E-state index contributed by atoms with van der Waals surface area (Å²) in [6.07, 6.45) is -8.85. The fraction of sp³-hybridized carbons (Fsp3) is 0.368. The van der Waals surface area contributed by atoms with Crippen molar-refractivity contribution in [3.63, 3.8) is 0 Å². The molecule has 1 N–H and O–H groups in total. The summed E-state index contributed by atoms with van der Waals surface area (Å²) >= 11 is 0. The first-order chi connectivity index (χ1) is 11.9. The van der Waals surface area contributed by atoms with Crippen LogP contribution in [0, 0.1) is 11.6 Å². The van der Waals surface area contributed by atoms with Gasteiger partial charge < -0.3 is 5.11 Å². The molecule has 0 aromatic heterocycles. The van der Waals surface area contributed by atoms with Gasteiger partial charge in [0.2, 0.25) is 0 Å². The summed E-state index contributed by atoms with van der Waals surface area (Å²) in [6.45, 7) is 1.18. The maximum Gasteiger partial charge on any atom is 0.419 e. The Kier molecular flexibility index (Phi) is 11.0. The Balaban J connectivity index is 0. The van der Waals surface area contributed by atoms with Gasteiger partial charge in [0.25, 0.3) is 0 Å². The van der Waals surface area contributed by atoms with Crippen LogP contribution < -0.4 is 0 Å². The predicted octanol–water partition coefficient (Wildman–Crippen LogP) is 7.02. The molecule has 0 aliphatic carbocycles. The van der Waals surface area contributed by atoms with Crippen molar-refractivity contribution < 1.29 is 40.2 Å². The van der Waals surface area contributed by atoms with E-state index < -0.39 is 41.7 Å². The van der Waals surface area contributed by atoms with Crippen LogP contribution >= 0.6 is 0 Å². The quantitative estimate of drug-likeness (QED) is 0.522. The van der Waals surface area contributed by atoms with Crippen LogP contribution in [0.5, 0.6) is 0 Å². The van der Waals surface area contributed by atoms with Gasteiger partial charge in [0, 0.05) is 0 Å². The molecule has 0 saturated carbocycles. The monoisotopic (exact) mass is 416 g/mol. The van der Waals surface area contributed by atoms with Crippen LogP contribution in [-0.4, -0.2) is 5.11 Å². The van der Waals surface area contributed by atoms with Gasteiger partial charge in [-0.15, -0.1) is 0 Å². The minimum atomic E-state index is -4.71. The highest BCUT2D eigenvalue weighted by Crippen LogP contribution is 2.32. The average Bonchev–Trinajstić information content (AvgIpc) is 2.54. The van der Waals surface area contributed by atoms with Crippen LogP contribution in [0.25, 0.3) is 0 Å². The number of aliphatic hydroxyl groups excluding tert-OH is 1. The molecule has 1 nitrogen and oxygen atoms in total. The second-order valence-corrected chi connectivity index (χ2v) is 5.14. The van der Waals surface area contributed by atoms with Gasteiger partial charge in [-0.2, -0.15) is 26.3 Å². The lowest BCUT2D eigenvalue weighted by Crippen LogP contribution is -2.08. The van der Waals surface area contributed by atoms with E-state index in [9.17, 15) is 35.1 Å². The second kappa shape index (κ2) is 11.0. The van der Waals surface area contributed by atoms with Gasteiger partial charge in [-0.3, -0.25) is 0 Å². The normalized spacial score (nSPS) is 10.9. The number of aryl methyl sites for hydroxylation is 1. The molecule has 0 aliphatic rings. The zero-order valence-electron chi connectivity index (χ0n) is 13.3. The van der Waals surface area contributed by atoms with Crippen molar-refractivity contribution >= 4 is 0 Å². The van der Waals surface area contributed by atoms with E-state index in [4.69, 9.17) is 5.11 Å². The SMILES string of the molecule is C.C.CCc1ccc([18F])c(C(F)(F)F)c1.OCc1ccc([18F])c(C(F)(F)F)c1. The summed E-state index contributed by atoms with van der Waals surface area (Å²) in [5.74, 6) is -2.55. The van der Waals surface area contributed by atoms with E-state index in [-0.39, 0.29) is 20.4 Å². The number of benzene rings is 2. The topological polar surface area (TPSA) is 20.2 Å². The third-order valence-corrected chi connectivity index (χ3v) is 3.26. The lowest BCUT2D eigenvalue weighted by molar-refractivity contribution is -0.140. The van der Waals surface area contributed by atoms with E-state index in [0.717, 1.165) is 18.2 Å². The van der Waals surface area contributed by atoms with Crippen molar-refractivity contribution in [2.75, 3.05) is 0 Å². The number of rotatable bonds is 2. The van der Waals surface area contributed by atoms with E-state index in [1.54, 1.807) is 6.92 Å². The number of alkyl halides is 6. The smallest absolute Gasteiger partial charge is 0.392 e. The zero-order chi connectivity index (χ0) is 20.1. The van der Waals surface area contributed by atoms with Gasteiger partial charge in [0.15, 0.2) is 0 Å². The molecule has 0 bridgehead atoms. The van der Waals surface area contributed by atoms with Crippen LogP contribution in [0.3, 0.4) is 0 Å². The van der Waals surface area contributed by atoms with Gasteiger partial charge in [-0.1, -0.05) is 33.9 Å². The molecule has 0 heterocycles. The molecule has 0 fully saturated rings. The Bertz CT molecular complexity index is 672. The van der Waals surface area contributed by atoms with Gasteiger partial charge in [0.05, 0.1) is 17.7 Å². The van der Waals surface area contributed by atoms with E-state index in [1.165, 1.54) is 6.07 Å². The molecular weight excluding hydrogens is 394 g/mol. The summed E-state index contributed by atoms with van der Waals surface area (Å²) in [7, 11) is 0. The van der Waals surface area contributed by atoms with Crippen molar-refractivity contribution in [3.8, 4) is 0 Å². The Morgan fingerprint density at radius 2 is 1.07 bits per heavy atom. The van der Waals surface area contributed by atoms with Crippen LogP contribution in [0.15, 0.2) is 36.4 Å². The highest BCUT2D eigenvalue weighted by atomic mass is 19.4. The van der Waals surface area contributed by atoms with E-state index in [0.29, 0.717) is 24.1 Å². The molecule has 160 valence electrons. The van der Waals surface area contributed by atoms with E-state index in [1.807, 2.05) is 0 Å². The summed E-state index contributed by atoms with van der Waals surface area (Å²) < 4.78 is 97.8. The Labute approximate surface area is 158 Å². The fourth-order valence-corrected chi connectivity index (χ4v) is 1.90. The predicted molar refractivity (Wildman–Crippen MR) is 91.6 cm³/mol. The van der Waals surface area contributed by atoms with Crippen LogP contribution in [-0.2, 0) is 25.4 Å². The lowest BCUT2D eigenvalue weighted by Gasteiger charge is -2.08. The average molecular weight is 416 g/mol. The molecular formula is C19H22F8O. The van der Waals surface area contributed by atoms with E-state index >= 15 is 0 Å². The molecule has 0 atom stereocenters. The first kappa shape index (κ1) is 28.1. The molecule has 28 heavy (non-hydrogen) atoms. The standard InChI is InChI=1S/C9H8F4.C8H6F4O.2CH4/c1-2-6-3-4-8(10)7(5-6)9(11,12)13;9-7-2-1-5(4-13)3-6(7)8(10,11)12;;/h3-5H,2H2,1H3;1-3,13H,4H2;2*1H4/i10-1;9-1;;. The molecule has 9 heteroatoms. The number of halogens is 8. The highest BCUT2D eigenvalue weighted by molar-refractivity contribution is 5.27. The summed E-state index contributed by atoms with van der Waals surface area (Å²) in [6, 6.07) is 5.43. The zero-order valence-corrected chi connectivity index (χ0v) is 13.3. The van der Waals surface area contributed by atoms with Gasteiger partial charge in [-0.05, 0) is 41.8 Å². The summed E-state index contributed by atoms with van der Waals surface area (Å²) in [4.78, 5) is 0. The van der Waals surface area contributed by atoms with E-state index in [2.05, 4.69) is 0 Å². The Hall–Kier alpha value is -2.16. The first-order valence-electron chi connectivity index (χ1n) is 7.22. The maximum absolute atomic E-state index is 12.7. The highest BCUT2D eigenvalue weighted by Gasteiger charge is 2.34. The lowest BCUT2D eigenvalue weighted by atomic mass is 10.1. The van der Waals surface area contributed by atoms with Crippen molar-refractivity contribution in [1.29, 1.82) is 0 Å². The minimum absolute atomic E-state index is 0. The molecule has 0 amide bonds. The number of hydrogen-bond donors (Lipinski definition) is 1. The molecule has 0 radical (unpaired) electrons. The van der Waals surface area contributed by atoms with Gasteiger partial charge in [-0.25, -0.2) is 8.78 Å². The summed E-state index contributed by atoms with van der Waals surface area (Å²) in [5.41, 5.74) is -2.02. The molecule has 0 spiro atoms.